The first-order chi connectivity index (χ1) is 15.1. The third-order valence-electron chi connectivity index (χ3n) is 5.58. The maximum Gasteiger partial charge on any atom is 0.282 e. The molecule has 31 heavy (non-hydrogen) atoms. The van der Waals surface area contributed by atoms with Crippen LogP contribution < -0.4 is 10.1 Å². The molecule has 10 heteroatoms. The van der Waals surface area contributed by atoms with Gasteiger partial charge in [0.1, 0.15) is 12.4 Å². The summed E-state index contributed by atoms with van der Waals surface area (Å²) in [6.07, 6.45) is 5.35. The van der Waals surface area contributed by atoms with Gasteiger partial charge in [-0.3, -0.25) is 19.2 Å². The van der Waals surface area contributed by atoms with Crippen molar-refractivity contribution in [2.45, 2.75) is 6.04 Å². The van der Waals surface area contributed by atoms with Crippen LogP contribution in [0.1, 0.15) is 9.80 Å². The van der Waals surface area contributed by atoms with Gasteiger partial charge in [-0.15, -0.1) is 11.3 Å². The van der Waals surface area contributed by atoms with Crippen molar-refractivity contribution < 1.29 is 14.3 Å². The Morgan fingerprint density at radius 1 is 1.29 bits per heavy atom. The number of benzene rings is 1. The van der Waals surface area contributed by atoms with Gasteiger partial charge in [0.05, 0.1) is 24.5 Å². The molecule has 160 valence electrons. The Kier molecular flexibility index (Phi) is 5.16. The standard InChI is InChI=1S/C21H22N6O3S/c1-25-10-15(9-23-25)14-2-3-18-17(8-14)24-19(28)12-26-5-6-27(11-16(26)13-30-18)21(29)20-22-4-7-31-20/h2-4,7-10,16H,5-6,11-13H2,1H3,(H,24,28)/t16-/m0/s1. The molecule has 3 aromatic rings. The van der Waals surface area contributed by atoms with Gasteiger partial charge in [0, 0.05) is 50.0 Å². The van der Waals surface area contributed by atoms with E-state index in [2.05, 4.69) is 20.3 Å². The van der Waals surface area contributed by atoms with Gasteiger partial charge in [-0.05, 0) is 17.7 Å². The van der Waals surface area contributed by atoms with Crippen molar-refractivity contribution in [3.8, 4) is 16.9 Å². The fourth-order valence-electron chi connectivity index (χ4n) is 3.97. The number of carbonyl (C=O) groups excluding carboxylic acids is 2. The number of thiazole rings is 1. The number of piperazine rings is 1. The summed E-state index contributed by atoms with van der Waals surface area (Å²) in [5.74, 6) is 0.450. The lowest BCUT2D eigenvalue weighted by Crippen LogP contribution is -2.57. The summed E-state index contributed by atoms with van der Waals surface area (Å²) in [5.41, 5.74) is 2.56. The second-order valence-electron chi connectivity index (χ2n) is 7.69. The maximum atomic E-state index is 12.7. The minimum Gasteiger partial charge on any atom is -0.490 e. The number of hydrogen-bond donors (Lipinski definition) is 1. The molecule has 2 aliphatic rings. The summed E-state index contributed by atoms with van der Waals surface area (Å²) in [4.78, 5) is 33.5. The smallest absolute Gasteiger partial charge is 0.282 e. The maximum absolute atomic E-state index is 12.7. The molecular weight excluding hydrogens is 416 g/mol. The summed E-state index contributed by atoms with van der Waals surface area (Å²) in [7, 11) is 1.87. The van der Waals surface area contributed by atoms with Gasteiger partial charge in [0.15, 0.2) is 5.01 Å². The molecule has 0 spiro atoms. The Hall–Kier alpha value is -3.24. The largest absolute Gasteiger partial charge is 0.490 e. The highest BCUT2D eigenvalue weighted by Crippen LogP contribution is 2.32. The molecule has 1 N–H and O–H groups in total. The van der Waals surface area contributed by atoms with Crippen LogP contribution in [-0.4, -0.2) is 75.2 Å². The summed E-state index contributed by atoms with van der Waals surface area (Å²) < 4.78 is 7.85. The van der Waals surface area contributed by atoms with Gasteiger partial charge >= 0.3 is 0 Å². The molecule has 2 amide bonds. The van der Waals surface area contributed by atoms with E-state index in [1.165, 1.54) is 11.3 Å². The zero-order valence-electron chi connectivity index (χ0n) is 17.0. The molecule has 2 aromatic heterocycles. The second kappa shape index (κ2) is 8.12. The van der Waals surface area contributed by atoms with Gasteiger partial charge in [-0.2, -0.15) is 5.10 Å². The van der Waals surface area contributed by atoms with E-state index in [1.54, 1.807) is 27.4 Å². The van der Waals surface area contributed by atoms with E-state index in [1.807, 2.05) is 31.4 Å². The van der Waals surface area contributed by atoms with E-state index in [-0.39, 0.29) is 24.4 Å². The molecule has 1 fully saturated rings. The fourth-order valence-corrected chi connectivity index (χ4v) is 4.57. The zero-order valence-corrected chi connectivity index (χ0v) is 17.8. The van der Waals surface area contributed by atoms with Gasteiger partial charge in [-0.25, -0.2) is 4.98 Å². The first-order valence-electron chi connectivity index (χ1n) is 10.1. The van der Waals surface area contributed by atoms with E-state index < -0.39 is 0 Å². The van der Waals surface area contributed by atoms with Crippen molar-refractivity contribution in [1.29, 1.82) is 0 Å². The van der Waals surface area contributed by atoms with Gasteiger partial charge in [0.25, 0.3) is 5.91 Å². The lowest BCUT2D eigenvalue weighted by Gasteiger charge is -2.40. The molecule has 1 atom stereocenters. The number of fused-ring (bicyclic) bond motifs is 2. The number of aryl methyl sites for hydroxylation is 1. The van der Waals surface area contributed by atoms with Crippen LogP contribution in [0.5, 0.6) is 5.75 Å². The highest BCUT2D eigenvalue weighted by atomic mass is 32.1. The highest BCUT2D eigenvalue weighted by Gasteiger charge is 2.33. The Labute approximate surface area is 183 Å². The number of rotatable bonds is 2. The Morgan fingerprint density at radius 2 is 2.19 bits per heavy atom. The van der Waals surface area contributed by atoms with Crippen LogP contribution >= 0.6 is 11.3 Å². The van der Waals surface area contributed by atoms with E-state index in [0.29, 0.717) is 42.7 Å². The van der Waals surface area contributed by atoms with Gasteiger partial charge in [-0.1, -0.05) is 6.07 Å². The van der Waals surface area contributed by atoms with Crippen LogP contribution in [0.2, 0.25) is 0 Å². The van der Waals surface area contributed by atoms with Crippen molar-refractivity contribution in [2.24, 2.45) is 7.05 Å². The minimum absolute atomic E-state index is 0.0690. The average Bonchev–Trinajstić information content (AvgIpc) is 3.45. The summed E-state index contributed by atoms with van der Waals surface area (Å²) >= 11 is 1.34. The third kappa shape index (κ3) is 4.04. The molecule has 5 rings (SSSR count). The number of nitrogens with zero attached hydrogens (tertiary/aromatic N) is 5. The summed E-state index contributed by atoms with van der Waals surface area (Å²) in [6.45, 7) is 2.30. The first kappa shape index (κ1) is 19.7. The lowest BCUT2D eigenvalue weighted by atomic mass is 10.1. The quantitative estimate of drug-likeness (QED) is 0.655. The predicted octanol–water partition coefficient (Wildman–Crippen LogP) is 1.70. The Bertz CT molecular complexity index is 1110. The molecule has 0 bridgehead atoms. The van der Waals surface area contributed by atoms with E-state index in [4.69, 9.17) is 4.74 Å². The SMILES string of the molecule is Cn1cc(-c2ccc3c(c2)NC(=O)CN2CCN(C(=O)c4nccs4)C[C@H]2CO3)cn1. The molecule has 2 aliphatic heterocycles. The Morgan fingerprint density at radius 3 is 2.97 bits per heavy atom. The number of amides is 2. The third-order valence-corrected chi connectivity index (χ3v) is 6.34. The predicted molar refractivity (Wildman–Crippen MR) is 116 cm³/mol. The van der Waals surface area contributed by atoms with Crippen LogP contribution in [0, 0.1) is 0 Å². The topological polar surface area (TPSA) is 92.6 Å². The summed E-state index contributed by atoms with van der Waals surface area (Å²) in [6, 6.07) is 5.66. The number of anilines is 1. The monoisotopic (exact) mass is 438 g/mol. The molecule has 0 saturated carbocycles. The zero-order chi connectivity index (χ0) is 21.4. The van der Waals surface area contributed by atoms with Crippen LogP contribution in [0.4, 0.5) is 5.69 Å². The molecule has 0 aliphatic carbocycles. The van der Waals surface area contributed by atoms with E-state index in [9.17, 15) is 9.59 Å². The van der Waals surface area contributed by atoms with Crippen molar-refractivity contribution in [1.82, 2.24) is 24.6 Å². The number of aromatic nitrogens is 3. The van der Waals surface area contributed by atoms with Crippen molar-refractivity contribution in [3.63, 3.8) is 0 Å². The number of nitrogens with one attached hydrogen (secondary N) is 1. The van der Waals surface area contributed by atoms with Gasteiger partial charge in [0.2, 0.25) is 5.91 Å². The van der Waals surface area contributed by atoms with E-state index >= 15 is 0 Å². The number of hydrogen-bond acceptors (Lipinski definition) is 7. The van der Waals surface area contributed by atoms with Crippen molar-refractivity contribution in [3.05, 3.63) is 47.2 Å². The molecule has 0 unspecified atom stereocenters. The molecule has 1 aromatic carbocycles. The van der Waals surface area contributed by atoms with Crippen LogP contribution in [0.15, 0.2) is 42.2 Å². The van der Waals surface area contributed by atoms with Crippen LogP contribution in [-0.2, 0) is 11.8 Å². The lowest BCUT2D eigenvalue weighted by molar-refractivity contribution is -0.118. The molecule has 4 heterocycles. The number of carbonyl (C=O) groups is 2. The van der Waals surface area contributed by atoms with Crippen molar-refractivity contribution >= 4 is 28.8 Å². The highest BCUT2D eigenvalue weighted by molar-refractivity contribution is 7.11. The molecule has 9 nitrogen and oxygen atoms in total. The minimum atomic E-state index is -0.0974. The van der Waals surface area contributed by atoms with Gasteiger partial charge < -0.3 is 15.0 Å². The normalized spacial score (nSPS) is 19.3. The van der Waals surface area contributed by atoms with Crippen LogP contribution in [0.25, 0.3) is 11.1 Å². The van der Waals surface area contributed by atoms with Crippen LogP contribution in [0.3, 0.4) is 0 Å². The van der Waals surface area contributed by atoms with Crippen molar-refractivity contribution in [2.75, 3.05) is 38.1 Å². The van der Waals surface area contributed by atoms with E-state index in [0.717, 1.165) is 11.1 Å². The molecule has 1 saturated heterocycles. The summed E-state index contributed by atoms with van der Waals surface area (Å²) in [5, 5.41) is 9.49. The molecule has 0 radical (unpaired) electrons. The average molecular weight is 439 g/mol. The molecular formula is C21H22N6O3S. The number of ether oxygens (including phenoxy) is 1. The fraction of sp³-hybridized carbons (Fsp3) is 0.333. The first-order valence-corrected chi connectivity index (χ1v) is 10.9. The second-order valence-corrected chi connectivity index (χ2v) is 8.58. The Balaban J connectivity index is 1.36.